The van der Waals surface area contributed by atoms with Crippen molar-refractivity contribution < 1.29 is 19.4 Å². The van der Waals surface area contributed by atoms with E-state index in [0.717, 1.165) is 12.2 Å². The van der Waals surface area contributed by atoms with Crippen molar-refractivity contribution in [3.05, 3.63) is 107 Å². The molecule has 4 rings (SSSR count). The van der Waals surface area contributed by atoms with Crippen molar-refractivity contribution >= 4 is 11.9 Å². The lowest BCUT2D eigenvalue weighted by atomic mass is 9.80. The van der Waals surface area contributed by atoms with E-state index in [1.54, 1.807) is 26.4 Å². The summed E-state index contributed by atoms with van der Waals surface area (Å²) in [5, 5.41) is 13.2. The molecule has 1 aliphatic rings. The van der Waals surface area contributed by atoms with Crippen molar-refractivity contribution in [2.45, 2.75) is 39.3 Å². The number of hydrogen-bond acceptors (Lipinski definition) is 6. The van der Waals surface area contributed by atoms with Gasteiger partial charge in [-0.15, -0.1) is 0 Å². The monoisotopic (exact) mass is 500 g/mol. The van der Waals surface area contributed by atoms with Gasteiger partial charge < -0.3 is 19.7 Å². The Balaban J connectivity index is 1.60. The molecule has 192 valence electrons. The molecule has 37 heavy (non-hydrogen) atoms. The summed E-state index contributed by atoms with van der Waals surface area (Å²) in [6.07, 6.45) is 4.75. The molecule has 2 heterocycles. The Kier molecular flexibility index (Phi) is 7.89. The number of esters is 1. The molecule has 2 aromatic carbocycles. The first kappa shape index (κ1) is 25.9. The topological polar surface area (TPSA) is 96.7 Å². The molecule has 2 atom stereocenters. The first-order valence-electron chi connectivity index (χ1n) is 12.2. The number of rotatable bonds is 9. The summed E-state index contributed by atoms with van der Waals surface area (Å²) in [6, 6.07) is 17.6. The van der Waals surface area contributed by atoms with E-state index >= 15 is 0 Å². The number of nitrogens with zero attached hydrogens (tertiary/aromatic N) is 3. The predicted molar refractivity (Wildman–Crippen MR) is 141 cm³/mol. The van der Waals surface area contributed by atoms with Crippen LogP contribution in [0.5, 0.6) is 0 Å². The van der Waals surface area contributed by atoms with Crippen LogP contribution < -0.4 is 5.32 Å². The van der Waals surface area contributed by atoms with Gasteiger partial charge in [0.05, 0.1) is 23.4 Å². The van der Waals surface area contributed by atoms with E-state index < -0.39 is 24.0 Å². The van der Waals surface area contributed by atoms with Crippen molar-refractivity contribution in [3.8, 4) is 5.69 Å². The number of likely N-dealkylation sites (N-methyl/N-ethyl adjacent to an activating group) is 1. The van der Waals surface area contributed by atoms with Gasteiger partial charge in [-0.2, -0.15) is 0 Å². The molecule has 1 aliphatic heterocycles. The smallest absolute Gasteiger partial charge is 0.337 e. The molecule has 0 radical (unpaired) electrons. The average Bonchev–Trinajstić information content (AvgIpc) is 3.39. The summed E-state index contributed by atoms with van der Waals surface area (Å²) in [6.45, 7) is 6.59. The van der Waals surface area contributed by atoms with Crippen LogP contribution >= 0.6 is 0 Å². The Morgan fingerprint density at radius 3 is 2.51 bits per heavy atom. The molecule has 0 bridgehead atoms. The number of carboxylic acids is 1. The molecule has 8 nitrogen and oxygen atoms in total. The highest BCUT2D eigenvalue weighted by molar-refractivity contribution is 5.99. The van der Waals surface area contributed by atoms with E-state index in [9.17, 15) is 14.7 Å². The Labute approximate surface area is 216 Å². The molecule has 0 spiro atoms. The van der Waals surface area contributed by atoms with Crippen LogP contribution in [0.4, 0.5) is 0 Å². The second-order valence-corrected chi connectivity index (χ2v) is 9.40. The maximum absolute atomic E-state index is 13.6. The lowest BCUT2D eigenvalue weighted by molar-refractivity contribution is -0.144. The minimum Gasteiger partial charge on any atom is -0.478 e. The molecule has 0 saturated carbocycles. The van der Waals surface area contributed by atoms with Crippen LogP contribution in [0, 0.1) is 0 Å². The third-order valence-electron chi connectivity index (χ3n) is 6.39. The molecule has 8 heteroatoms. The fourth-order valence-electron chi connectivity index (χ4n) is 4.84. The van der Waals surface area contributed by atoms with Crippen molar-refractivity contribution in [3.63, 3.8) is 0 Å². The van der Waals surface area contributed by atoms with Crippen LogP contribution in [0.2, 0.25) is 0 Å². The number of ether oxygens (including phenoxy) is 1. The van der Waals surface area contributed by atoms with Crippen molar-refractivity contribution in [1.82, 2.24) is 19.8 Å². The molecular weight excluding hydrogens is 468 g/mol. The zero-order valence-electron chi connectivity index (χ0n) is 21.5. The number of hydrogen-bond donors (Lipinski definition) is 2. The standard InChI is InChI=1S/C29H32N4O4/c1-19(16-32(4)17-22-9-6-5-7-10-22)37-29(36)26-21(3)31-20(2)25(28(34)35)27(26)23-11-8-12-24(15-23)33-14-13-30-18-33/h5-15,18-19,27,31H,16-17H2,1-4H3,(H,34,35). The fraction of sp³-hybridized carbons (Fsp3) is 0.276. The predicted octanol–water partition coefficient (Wildman–Crippen LogP) is 4.26. The first-order chi connectivity index (χ1) is 17.7. The molecule has 0 fully saturated rings. The largest absolute Gasteiger partial charge is 0.478 e. The minimum absolute atomic E-state index is 0.120. The maximum atomic E-state index is 13.6. The summed E-state index contributed by atoms with van der Waals surface area (Å²) in [7, 11) is 1.98. The Hall–Kier alpha value is -4.17. The van der Waals surface area contributed by atoms with Gasteiger partial charge in [-0.25, -0.2) is 14.6 Å². The van der Waals surface area contributed by atoms with Gasteiger partial charge >= 0.3 is 11.9 Å². The van der Waals surface area contributed by atoms with E-state index in [4.69, 9.17) is 4.74 Å². The molecule has 0 aliphatic carbocycles. The summed E-state index contributed by atoms with van der Waals surface area (Å²) < 4.78 is 7.71. The highest BCUT2D eigenvalue weighted by atomic mass is 16.5. The number of nitrogens with one attached hydrogen (secondary N) is 1. The number of benzene rings is 2. The molecule has 3 aromatic rings. The highest BCUT2D eigenvalue weighted by Crippen LogP contribution is 2.39. The lowest BCUT2D eigenvalue weighted by Crippen LogP contribution is -2.35. The third-order valence-corrected chi connectivity index (χ3v) is 6.39. The lowest BCUT2D eigenvalue weighted by Gasteiger charge is -2.31. The van der Waals surface area contributed by atoms with Gasteiger partial charge in [0.1, 0.15) is 6.10 Å². The molecule has 0 saturated heterocycles. The molecule has 0 amide bonds. The Morgan fingerprint density at radius 2 is 1.84 bits per heavy atom. The maximum Gasteiger partial charge on any atom is 0.337 e. The van der Waals surface area contributed by atoms with Crippen LogP contribution in [0.1, 0.15) is 37.8 Å². The quantitative estimate of drug-likeness (QED) is 0.424. The number of carbonyl (C=O) groups excluding carboxylic acids is 1. The Morgan fingerprint density at radius 1 is 1.11 bits per heavy atom. The van der Waals surface area contributed by atoms with E-state index in [2.05, 4.69) is 27.3 Å². The number of dihydropyridines is 1. The van der Waals surface area contributed by atoms with E-state index in [0.29, 0.717) is 29.1 Å². The highest BCUT2D eigenvalue weighted by Gasteiger charge is 2.38. The summed E-state index contributed by atoms with van der Waals surface area (Å²) >= 11 is 0. The molecular formula is C29H32N4O4. The van der Waals surface area contributed by atoms with Gasteiger partial charge in [-0.3, -0.25) is 4.90 Å². The van der Waals surface area contributed by atoms with Gasteiger partial charge in [0, 0.05) is 42.6 Å². The summed E-state index contributed by atoms with van der Waals surface area (Å²) in [5.74, 6) is -2.41. The number of imidazole rings is 1. The number of carboxylic acid groups (broad SMARTS) is 1. The van der Waals surface area contributed by atoms with Crippen LogP contribution in [0.3, 0.4) is 0 Å². The normalized spacial score (nSPS) is 16.5. The average molecular weight is 501 g/mol. The summed E-state index contributed by atoms with van der Waals surface area (Å²) in [5.41, 5.74) is 4.16. The SMILES string of the molecule is CC1=C(C(=O)O)C(c2cccc(-n3ccnc3)c2)C(C(=O)OC(C)CN(C)Cc2ccccc2)=C(C)N1. The number of allylic oxidation sites excluding steroid dienone is 2. The van der Waals surface area contributed by atoms with Crippen LogP contribution in [0.25, 0.3) is 5.69 Å². The van der Waals surface area contributed by atoms with Gasteiger partial charge in [0.15, 0.2) is 0 Å². The zero-order chi connectivity index (χ0) is 26.5. The van der Waals surface area contributed by atoms with Gasteiger partial charge in [0.25, 0.3) is 0 Å². The first-order valence-corrected chi connectivity index (χ1v) is 12.2. The van der Waals surface area contributed by atoms with E-state index in [1.165, 1.54) is 5.56 Å². The molecule has 2 unspecified atom stereocenters. The number of aromatic nitrogens is 2. The number of aliphatic carboxylic acids is 1. The zero-order valence-corrected chi connectivity index (χ0v) is 21.5. The van der Waals surface area contributed by atoms with Crippen LogP contribution in [-0.4, -0.2) is 51.2 Å². The molecule has 1 aromatic heterocycles. The van der Waals surface area contributed by atoms with Crippen molar-refractivity contribution in [1.29, 1.82) is 0 Å². The third kappa shape index (κ3) is 5.98. The molecule has 2 N–H and O–H groups in total. The fourth-order valence-corrected chi connectivity index (χ4v) is 4.84. The van der Waals surface area contributed by atoms with Gasteiger partial charge in [0.2, 0.25) is 0 Å². The summed E-state index contributed by atoms with van der Waals surface area (Å²) in [4.78, 5) is 32.1. The van der Waals surface area contributed by atoms with Crippen LogP contribution in [-0.2, 0) is 20.9 Å². The van der Waals surface area contributed by atoms with E-state index in [1.807, 2.05) is 67.2 Å². The van der Waals surface area contributed by atoms with Crippen molar-refractivity contribution in [2.75, 3.05) is 13.6 Å². The van der Waals surface area contributed by atoms with Gasteiger partial charge in [-0.1, -0.05) is 42.5 Å². The second kappa shape index (κ2) is 11.3. The number of carbonyl (C=O) groups is 2. The Bertz CT molecular complexity index is 1330. The minimum atomic E-state index is -1.09. The van der Waals surface area contributed by atoms with Crippen LogP contribution in [0.15, 0.2) is 95.9 Å². The second-order valence-electron chi connectivity index (χ2n) is 9.40. The van der Waals surface area contributed by atoms with Crippen molar-refractivity contribution in [2.24, 2.45) is 0 Å². The van der Waals surface area contributed by atoms with Gasteiger partial charge in [-0.05, 0) is 51.1 Å². The van der Waals surface area contributed by atoms with E-state index in [-0.39, 0.29) is 5.57 Å².